The highest BCUT2D eigenvalue weighted by Crippen LogP contribution is 2.27. The maximum absolute atomic E-state index is 10.9. The number of carbonyl (C=O) groups is 1. The zero-order valence-corrected chi connectivity index (χ0v) is 15.0. The Hall–Kier alpha value is 0.557. The molecule has 0 aliphatic heterocycles. The lowest BCUT2D eigenvalue weighted by molar-refractivity contribution is -0.140. The first-order valence-electron chi connectivity index (χ1n) is 7.09. The van der Waals surface area contributed by atoms with Gasteiger partial charge in [-0.15, -0.1) is 33.2 Å². The average molecular weight is 348 g/mol. The highest BCUT2D eigenvalue weighted by atomic mass is 35.8. The third-order valence-electron chi connectivity index (χ3n) is 3.07. The molecule has 0 fully saturated rings. The number of hydrogen-bond donors (Lipinski definition) is 0. The smallest absolute Gasteiger partial charge is 0.341 e. The summed E-state index contributed by atoms with van der Waals surface area (Å²) in [4.78, 5) is 10.9. The predicted molar refractivity (Wildman–Crippen MR) is 86.3 cm³/mol. The number of rotatable bonds is 12. The second-order valence-corrected chi connectivity index (χ2v) is 14.2. The Morgan fingerprint density at radius 2 is 1.26 bits per heavy atom. The van der Waals surface area contributed by atoms with Gasteiger partial charge in [0, 0.05) is 6.42 Å². The van der Waals surface area contributed by atoms with E-state index in [1.165, 1.54) is 45.6 Å². The van der Waals surface area contributed by atoms with Crippen molar-refractivity contribution in [3.8, 4) is 0 Å². The minimum Gasteiger partial charge on any atom is -0.469 e. The monoisotopic (exact) mass is 346 g/mol. The van der Waals surface area contributed by atoms with Gasteiger partial charge in [0.25, 0.3) is 0 Å². The van der Waals surface area contributed by atoms with E-state index in [-0.39, 0.29) is 5.97 Å². The summed E-state index contributed by atoms with van der Waals surface area (Å²) in [6.07, 6.45) is 11.1. The summed E-state index contributed by atoms with van der Waals surface area (Å²) in [5.74, 6) is -0.0995. The highest BCUT2D eigenvalue weighted by molar-refractivity contribution is 7.64. The van der Waals surface area contributed by atoms with Gasteiger partial charge in [-0.25, -0.2) is 0 Å². The van der Waals surface area contributed by atoms with Crippen LogP contribution in [0.1, 0.15) is 64.2 Å². The molecule has 0 aromatic rings. The topological polar surface area (TPSA) is 26.3 Å². The Balaban J connectivity index is 3.09. The van der Waals surface area contributed by atoms with Crippen molar-refractivity contribution in [2.75, 3.05) is 7.11 Å². The van der Waals surface area contributed by atoms with Crippen LogP contribution in [0.25, 0.3) is 0 Å². The van der Waals surface area contributed by atoms with E-state index in [1.807, 2.05) is 0 Å². The maximum atomic E-state index is 10.9. The number of unbranched alkanes of at least 4 members (excludes halogenated alkanes) is 8. The van der Waals surface area contributed by atoms with Crippen LogP contribution < -0.4 is 0 Å². The molecule has 0 aromatic heterocycles. The molecule has 2 nitrogen and oxygen atoms in total. The van der Waals surface area contributed by atoms with Gasteiger partial charge in [-0.3, -0.25) is 4.79 Å². The summed E-state index contributed by atoms with van der Waals surface area (Å²) < 4.78 is 4.59. The van der Waals surface area contributed by atoms with Gasteiger partial charge in [-0.1, -0.05) is 51.4 Å². The highest BCUT2D eigenvalue weighted by Gasteiger charge is 2.23. The summed E-state index contributed by atoms with van der Waals surface area (Å²) in [5.41, 5.74) is 0. The Bertz CT molecular complexity index is 232. The SMILES string of the molecule is COC(=O)CCCCCCCCCCC[Si](Cl)(Cl)Cl. The zero-order chi connectivity index (χ0) is 14.6. The second kappa shape index (κ2) is 12.3. The quantitative estimate of drug-likeness (QED) is 0.195. The molecule has 0 amide bonds. The molecule has 0 atom stereocenters. The van der Waals surface area contributed by atoms with Crippen LogP contribution in [0.3, 0.4) is 0 Å². The third kappa shape index (κ3) is 16.5. The van der Waals surface area contributed by atoms with E-state index < -0.39 is 6.00 Å². The Morgan fingerprint density at radius 1 is 0.842 bits per heavy atom. The first-order valence-corrected chi connectivity index (χ1v) is 12.3. The Morgan fingerprint density at radius 3 is 1.68 bits per heavy atom. The number of esters is 1. The van der Waals surface area contributed by atoms with Crippen LogP contribution in [-0.4, -0.2) is 19.1 Å². The fourth-order valence-electron chi connectivity index (χ4n) is 1.93. The van der Waals surface area contributed by atoms with E-state index in [9.17, 15) is 4.79 Å². The average Bonchev–Trinajstić information content (AvgIpc) is 2.34. The van der Waals surface area contributed by atoms with E-state index in [2.05, 4.69) is 4.74 Å². The minimum absolute atomic E-state index is 0.0995. The molecule has 0 heterocycles. The Labute approximate surface area is 132 Å². The van der Waals surface area contributed by atoms with Crippen molar-refractivity contribution >= 4 is 45.2 Å². The van der Waals surface area contributed by atoms with Crippen molar-refractivity contribution in [1.29, 1.82) is 0 Å². The third-order valence-corrected chi connectivity index (χ3v) is 5.69. The molecule has 19 heavy (non-hydrogen) atoms. The van der Waals surface area contributed by atoms with Crippen molar-refractivity contribution in [2.45, 2.75) is 70.3 Å². The Kier molecular flexibility index (Phi) is 12.7. The van der Waals surface area contributed by atoms with Crippen LogP contribution in [0.4, 0.5) is 0 Å². The molecule has 0 N–H and O–H groups in total. The van der Waals surface area contributed by atoms with Crippen LogP contribution in [0.15, 0.2) is 0 Å². The minimum atomic E-state index is -2.38. The molecule has 0 spiro atoms. The number of carbonyl (C=O) groups excluding carboxylic acids is 1. The number of hydrogen-bond acceptors (Lipinski definition) is 2. The van der Waals surface area contributed by atoms with Gasteiger partial charge in [0.1, 0.15) is 0 Å². The lowest BCUT2D eigenvalue weighted by atomic mass is 10.1. The molecular weight excluding hydrogens is 323 g/mol. The molecule has 0 aliphatic rings. The summed E-state index contributed by atoms with van der Waals surface area (Å²) in [6.45, 7) is 0. The molecule has 0 aromatic carbocycles. The lowest BCUT2D eigenvalue weighted by Gasteiger charge is -2.06. The number of halogens is 3. The fourth-order valence-corrected chi connectivity index (χ4v) is 3.79. The maximum Gasteiger partial charge on any atom is 0.341 e. The van der Waals surface area contributed by atoms with Crippen LogP contribution in [0.2, 0.25) is 6.04 Å². The summed E-state index contributed by atoms with van der Waals surface area (Å²) in [5, 5.41) is 0. The molecule has 0 saturated carbocycles. The van der Waals surface area contributed by atoms with Crippen molar-refractivity contribution in [3.05, 3.63) is 0 Å². The largest absolute Gasteiger partial charge is 0.469 e. The van der Waals surface area contributed by atoms with Gasteiger partial charge in [-0.05, 0) is 12.5 Å². The predicted octanol–water partition coefficient (Wildman–Crippen LogP) is 5.72. The zero-order valence-electron chi connectivity index (χ0n) is 11.7. The first kappa shape index (κ1) is 19.6. The van der Waals surface area contributed by atoms with Gasteiger partial charge < -0.3 is 4.74 Å². The van der Waals surface area contributed by atoms with E-state index in [0.29, 0.717) is 6.42 Å². The lowest BCUT2D eigenvalue weighted by Crippen LogP contribution is -2.07. The normalized spacial score (nSPS) is 11.6. The molecule has 0 aliphatic carbocycles. The molecule has 114 valence electrons. The van der Waals surface area contributed by atoms with Crippen LogP contribution in [-0.2, 0) is 9.53 Å². The van der Waals surface area contributed by atoms with Gasteiger partial charge in [0.05, 0.1) is 7.11 Å². The van der Waals surface area contributed by atoms with Crippen molar-refractivity contribution in [1.82, 2.24) is 0 Å². The second-order valence-electron chi connectivity index (χ2n) is 4.87. The standard InChI is InChI=1S/C13H25Cl3O2Si/c1-18-13(17)11-9-7-5-3-2-4-6-8-10-12-19(14,15)16/h2-12H2,1H3. The number of ether oxygens (including phenoxy) is 1. The van der Waals surface area contributed by atoms with Gasteiger partial charge >= 0.3 is 12.0 Å². The summed E-state index contributed by atoms with van der Waals surface area (Å²) in [7, 11) is 1.44. The molecule has 0 radical (unpaired) electrons. The summed E-state index contributed by atoms with van der Waals surface area (Å²) in [6, 6.07) is -1.60. The van der Waals surface area contributed by atoms with E-state index in [4.69, 9.17) is 33.2 Å². The molecule has 0 unspecified atom stereocenters. The molecule has 0 saturated heterocycles. The van der Waals surface area contributed by atoms with Crippen LogP contribution in [0.5, 0.6) is 0 Å². The molecular formula is C13H25Cl3O2Si. The van der Waals surface area contributed by atoms with Crippen molar-refractivity contribution in [3.63, 3.8) is 0 Å². The van der Waals surface area contributed by atoms with Crippen molar-refractivity contribution in [2.24, 2.45) is 0 Å². The van der Waals surface area contributed by atoms with Crippen LogP contribution in [0, 0.1) is 0 Å². The van der Waals surface area contributed by atoms with Gasteiger partial charge in [0.2, 0.25) is 0 Å². The van der Waals surface area contributed by atoms with E-state index >= 15 is 0 Å². The van der Waals surface area contributed by atoms with Crippen molar-refractivity contribution < 1.29 is 9.53 Å². The molecule has 0 rings (SSSR count). The molecule has 6 heteroatoms. The van der Waals surface area contributed by atoms with E-state index in [0.717, 1.165) is 25.3 Å². The van der Waals surface area contributed by atoms with Gasteiger partial charge in [-0.2, -0.15) is 0 Å². The van der Waals surface area contributed by atoms with Crippen LogP contribution >= 0.6 is 33.2 Å². The fraction of sp³-hybridized carbons (Fsp3) is 0.923. The first-order chi connectivity index (χ1) is 8.95. The molecule has 0 bridgehead atoms. The van der Waals surface area contributed by atoms with E-state index in [1.54, 1.807) is 0 Å². The van der Waals surface area contributed by atoms with Gasteiger partial charge in [0.15, 0.2) is 0 Å². The summed E-state index contributed by atoms with van der Waals surface area (Å²) >= 11 is 17.4. The number of methoxy groups -OCH3 is 1.